The molecule has 0 saturated carbocycles. The van der Waals surface area contributed by atoms with Gasteiger partial charge in [-0.3, -0.25) is 4.90 Å². The molecule has 0 saturated heterocycles. The van der Waals surface area contributed by atoms with E-state index in [-0.39, 0.29) is 6.61 Å². The highest BCUT2D eigenvalue weighted by atomic mass is 32.1. The minimum atomic E-state index is 0.270. The average molecular weight is 183 g/mol. The monoisotopic (exact) mass is 183 g/mol. The first-order chi connectivity index (χ1) is 5.81. The molecule has 2 heterocycles. The molecule has 0 bridgehead atoms. The largest absolute Gasteiger partial charge is 0.395 e. The molecule has 0 aliphatic carbocycles. The quantitative estimate of drug-likeness (QED) is 0.704. The van der Waals surface area contributed by atoms with Crippen LogP contribution in [0.4, 0.5) is 0 Å². The van der Waals surface area contributed by atoms with Crippen LogP contribution >= 0.6 is 11.3 Å². The minimum Gasteiger partial charge on any atom is -0.395 e. The molecule has 2 rings (SSSR count). The Balaban J connectivity index is 2.23. The summed E-state index contributed by atoms with van der Waals surface area (Å²) in [4.78, 5) is 3.68. The van der Waals surface area contributed by atoms with E-state index < -0.39 is 0 Å². The predicted molar refractivity (Wildman–Crippen MR) is 50.4 cm³/mol. The lowest BCUT2D eigenvalue weighted by atomic mass is 10.0. The maximum absolute atomic E-state index is 9.09. The van der Waals surface area contributed by atoms with Gasteiger partial charge in [-0.2, -0.15) is 0 Å². The summed E-state index contributed by atoms with van der Waals surface area (Å²) in [6.45, 7) is 1.27. The van der Waals surface area contributed by atoms with Crippen molar-refractivity contribution in [2.24, 2.45) is 0 Å². The molecule has 0 aromatic carbocycles. The lowest BCUT2D eigenvalue weighted by molar-refractivity contribution is 0.133. The Morgan fingerprint density at radius 2 is 2.58 bits per heavy atom. The molecular weight excluding hydrogens is 170 g/mol. The number of aliphatic hydroxyl groups is 1. The zero-order valence-electron chi connectivity index (χ0n) is 7.16. The van der Waals surface area contributed by atoms with Gasteiger partial charge in [0.2, 0.25) is 0 Å². The molecule has 0 spiro atoms. The fourth-order valence-electron chi connectivity index (χ4n) is 1.66. The van der Waals surface area contributed by atoms with Crippen LogP contribution in [0.2, 0.25) is 0 Å². The van der Waals surface area contributed by atoms with Crippen LogP contribution < -0.4 is 0 Å². The van der Waals surface area contributed by atoms with E-state index in [0.717, 1.165) is 13.0 Å². The number of thiophene rings is 1. The Labute approximate surface area is 76.4 Å². The minimum absolute atomic E-state index is 0.270. The summed E-state index contributed by atoms with van der Waals surface area (Å²) in [5, 5.41) is 11.2. The molecule has 12 heavy (non-hydrogen) atoms. The Bertz CT molecular complexity index is 271. The zero-order valence-corrected chi connectivity index (χ0v) is 7.97. The predicted octanol–water partition coefficient (Wildman–Crippen LogP) is 1.10. The highest BCUT2D eigenvalue weighted by molar-refractivity contribution is 7.10. The molecule has 3 heteroatoms. The summed E-state index contributed by atoms with van der Waals surface area (Å²) < 4.78 is 0. The first-order valence-corrected chi connectivity index (χ1v) is 5.05. The van der Waals surface area contributed by atoms with Crippen molar-refractivity contribution in [1.82, 2.24) is 4.90 Å². The first-order valence-electron chi connectivity index (χ1n) is 4.17. The van der Waals surface area contributed by atoms with Crippen molar-refractivity contribution in [2.75, 3.05) is 13.7 Å². The van der Waals surface area contributed by atoms with Gasteiger partial charge in [0.05, 0.1) is 6.61 Å². The van der Waals surface area contributed by atoms with Gasteiger partial charge in [-0.1, -0.05) is 0 Å². The van der Waals surface area contributed by atoms with Gasteiger partial charge >= 0.3 is 0 Å². The van der Waals surface area contributed by atoms with Crippen LogP contribution in [0, 0.1) is 0 Å². The van der Waals surface area contributed by atoms with E-state index in [1.165, 1.54) is 10.4 Å². The van der Waals surface area contributed by atoms with Gasteiger partial charge in [-0.05, 0) is 30.5 Å². The van der Waals surface area contributed by atoms with Crippen LogP contribution in [0.25, 0.3) is 0 Å². The van der Waals surface area contributed by atoms with E-state index in [1.54, 1.807) is 0 Å². The van der Waals surface area contributed by atoms with Gasteiger partial charge in [-0.15, -0.1) is 11.3 Å². The maximum atomic E-state index is 9.09. The lowest BCUT2D eigenvalue weighted by Crippen LogP contribution is -2.39. The van der Waals surface area contributed by atoms with Crippen molar-refractivity contribution >= 4 is 11.3 Å². The Kier molecular flexibility index (Phi) is 2.17. The molecule has 1 unspecified atom stereocenters. The fourth-order valence-corrected chi connectivity index (χ4v) is 2.63. The summed E-state index contributed by atoms with van der Waals surface area (Å²) in [6, 6.07) is 2.50. The second-order valence-corrected chi connectivity index (χ2v) is 4.33. The summed E-state index contributed by atoms with van der Waals surface area (Å²) in [5.41, 5.74) is 1.43. The van der Waals surface area contributed by atoms with Crippen LogP contribution in [0.15, 0.2) is 11.4 Å². The summed E-state index contributed by atoms with van der Waals surface area (Å²) in [6.07, 6.45) is 1.01. The van der Waals surface area contributed by atoms with E-state index in [4.69, 9.17) is 5.11 Å². The summed E-state index contributed by atoms with van der Waals surface area (Å²) in [5.74, 6) is 0. The van der Waals surface area contributed by atoms with E-state index in [1.807, 2.05) is 11.3 Å². The third kappa shape index (κ3) is 1.28. The zero-order chi connectivity index (χ0) is 8.55. The fraction of sp³-hybridized carbons (Fsp3) is 0.556. The maximum Gasteiger partial charge on any atom is 0.0590 e. The second-order valence-electron chi connectivity index (χ2n) is 3.32. The Morgan fingerprint density at radius 1 is 1.75 bits per heavy atom. The molecule has 1 aromatic rings. The molecular formula is C9H13NOS. The highest BCUT2D eigenvalue weighted by Gasteiger charge is 2.22. The first kappa shape index (κ1) is 8.23. The standard InChI is InChI=1S/C9H13NOS/c1-10-5-9-7(2-3-12-9)4-8(10)6-11/h2-3,8,11H,4-6H2,1H3. The molecule has 2 nitrogen and oxygen atoms in total. The molecule has 0 radical (unpaired) electrons. The average Bonchev–Trinajstić information content (AvgIpc) is 2.49. The summed E-state index contributed by atoms with van der Waals surface area (Å²) in [7, 11) is 2.07. The number of hydrogen-bond donors (Lipinski definition) is 1. The number of hydrogen-bond acceptors (Lipinski definition) is 3. The normalized spacial score (nSPS) is 24.0. The number of nitrogens with zero attached hydrogens (tertiary/aromatic N) is 1. The smallest absolute Gasteiger partial charge is 0.0590 e. The molecule has 0 amide bonds. The molecule has 1 atom stereocenters. The van der Waals surface area contributed by atoms with Crippen molar-refractivity contribution in [3.05, 3.63) is 21.9 Å². The van der Waals surface area contributed by atoms with Gasteiger partial charge in [0, 0.05) is 17.5 Å². The molecule has 1 aliphatic rings. The highest BCUT2D eigenvalue weighted by Crippen LogP contribution is 2.26. The molecule has 1 aromatic heterocycles. The van der Waals surface area contributed by atoms with E-state index in [2.05, 4.69) is 23.4 Å². The van der Waals surface area contributed by atoms with Crippen LogP contribution in [-0.4, -0.2) is 29.7 Å². The molecule has 1 aliphatic heterocycles. The third-order valence-corrected chi connectivity index (χ3v) is 3.47. The van der Waals surface area contributed by atoms with Crippen molar-refractivity contribution in [2.45, 2.75) is 19.0 Å². The number of aliphatic hydroxyl groups excluding tert-OH is 1. The van der Waals surface area contributed by atoms with Gasteiger partial charge in [0.25, 0.3) is 0 Å². The Hall–Kier alpha value is -0.380. The van der Waals surface area contributed by atoms with E-state index >= 15 is 0 Å². The number of fused-ring (bicyclic) bond motifs is 1. The van der Waals surface area contributed by atoms with Crippen LogP contribution in [-0.2, 0) is 13.0 Å². The molecule has 1 N–H and O–H groups in total. The topological polar surface area (TPSA) is 23.5 Å². The van der Waals surface area contributed by atoms with E-state index in [0.29, 0.717) is 6.04 Å². The summed E-state index contributed by atoms with van der Waals surface area (Å²) >= 11 is 1.82. The lowest BCUT2D eigenvalue weighted by Gasteiger charge is -2.30. The molecule has 66 valence electrons. The van der Waals surface area contributed by atoms with Crippen molar-refractivity contribution in [1.29, 1.82) is 0 Å². The van der Waals surface area contributed by atoms with Gasteiger partial charge < -0.3 is 5.11 Å². The van der Waals surface area contributed by atoms with Crippen LogP contribution in [0.1, 0.15) is 10.4 Å². The SMILES string of the molecule is CN1Cc2sccc2CC1CO. The Morgan fingerprint density at radius 3 is 3.33 bits per heavy atom. The van der Waals surface area contributed by atoms with Gasteiger partial charge in [0.1, 0.15) is 0 Å². The molecule has 0 fully saturated rings. The van der Waals surface area contributed by atoms with Crippen molar-refractivity contribution in [3.63, 3.8) is 0 Å². The van der Waals surface area contributed by atoms with E-state index in [9.17, 15) is 0 Å². The van der Waals surface area contributed by atoms with Crippen molar-refractivity contribution in [3.8, 4) is 0 Å². The second kappa shape index (κ2) is 3.17. The van der Waals surface area contributed by atoms with Crippen LogP contribution in [0.5, 0.6) is 0 Å². The number of rotatable bonds is 1. The van der Waals surface area contributed by atoms with Gasteiger partial charge in [0.15, 0.2) is 0 Å². The van der Waals surface area contributed by atoms with Crippen molar-refractivity contribution < 1.29 is 5.11 Å². The van der Waals surface area contributed by atoms with Crippen LogP contribution in [0.3, 0.4) is 0 Å². The van der Waals surface area contributed by atoms with Gasteiger partial charge in [-0.25, -0.2) is 0 Å². The number of likely N-dealkylation sites (N-methyl/N-ethyl adjacent to an activating group) is 1. The third-order valence-electron chi connectivity index (χ3n) is 2.52.